The fourth-order valence-corrected chi connectivity index (χ4v) is 3.56. The summed E-state index contributed by atoms with van der Waals surface area (Å²) in [5, 5.41) is 0. The van der Waals surface area contributed by atoms with Crippen molar-refractivity contribution in [3.8, 4) is 0 Å². The smallest absolute Gasteiger partial charge is 0.00488 e. The molecule has 0 aromatic rings. The first kappa shape index (κ1) is 10.7. The van der Waals surface area contributed by atoms with Gasteiger partial charge in [-0.05, 0) is 43.4 Å². The molecule has 1 fully saturated rings. The lowest BCUT2D eigenvalue weighted by Gasteiger charge is -2.48. The summed E-state index contributed by atoms with van der Waals surface area (Å²) in [6, 6.07) is 0. The van der Waals surface area contributed by atoms with Crippen molar-refractivity contribution in [1.29, 1.82) is 0 Å². The normalized spacial score (nSPS) is 40.0. The van der Waals surface area contributed by atoms with Gasteiger partial charge < -0.3 is 0 Å². The van der Waals surface area contributed by atoms with E-state index in [0.29, 0.717) is 17.3 Å². The highest BCUT2D eigenvalue weighted by atomic mass is 14.5. The van der Waals surface area contributed by atoms with Gasteiger partial charge in [0, 0.05) is 0 Å². The molecule has 82 valence electrons. The van der Waals surface area contributed by atoms with Crippen LogP contribution in [0.25, 0.3) is 0 Å². The minimum Gasteiger partial charge on any atom is -0.0998 e. The molecule has 0 aliphatic heterocycles. The topological polar surface area (TPSA) is 0 Å². The van der Waals surface area contributed by atoms with Gasteiger partial charge in [-0.2, -0.15) is 0 Å². The molecular formula is C15H22. The molecule has 0 nitrogen and oxygen atoms in total. The highest BCUT2D eigenvalue weighted by molar-refractivity contribution is 5.26. The van der Waals surface area contributed by atoms with E-state index in [1.54, 1.807) is 0 Å². The predicted octanol–water partition coefficient (Wildman–Crippen LogP) is 4.50. The van der Waals surface area contributed by atoms with Gasteiger partial charge in [-0.25, -0.2) is 0 Å². The van der Waals surface area contributed by atoms with E-state index in [2.05, 4.69) is 39.2 Å². The van der Waals surface area contributed by atoms with Crippen molar-refractivity contribution < 1.29 is 0 Å². The Morgan fingerprint density at radius 3 is 2.93 bits per heavy atom. The van der Waals surface area contributed by atoms with E-state index >= 15 is 0 Å². The lowest BCUT2D eigenvalue weighted by atomic mass is 9.56. The molecule has 0 radical (unpaired) electrons. The zero-order valence-corrected chi connectivity index (χ0v) is 10.1. The average molecular weight is 202 g/mol. The molecule has 2 aliphatic carbocycles. The fraction of sp³-hybridized carbons (Fsp3) is 0.600. The first-order valence-corrected chi connectivity index (χ1v) is 6.05. The molecule has 2 rings (SSSR count). The molecule has 0 bridgehead atoms. The van der Waals surface area contributed by atoms with Crippen LogP contribution >= 0.6 is 0 Å². The summed E-state index contributed by atoms with van der Waals surface area (Å²) in [5.74, 6) is 1.31. The van der Waals surface area contributed by atoms with Crippen molar-refractivity contribution in [3.63, 3.8) is 0 Å². The van der Waals surface area contributed by atoms with Gasteiger partial charge >= 0.3 is 0 Å². The molecule has 0 N–H and O–H groups in total. The molecule has 15 heavy (non-hydrogen) atoms. The molecule has 2 aliphatic rings. The Morgan fingerprint density at radius 2 is 2.27 bits per heavy atom. The van der Waals surface area contributed by atoms with Crippen molar-refractivity contribution in [2.24, 2.45) is 17.3 Å². The number of allylic oxidation sites excluding steroid dienone is 4. The summed E-state index contributed by atoms with van der Waals surface area (Å²) in [4.78, 5) is 0. The SMILES string of the molecule is C=C(C)[C@H]1CCC[C@@]2(C)C=CCC(=C)[C@H]12. The number of hydrogen-bond acceptors (Lipinski definition) is 0. The third-order valence-electron chi connectivity index (χ3n) is 4.29. The molecule has 0 spiro atoms. The lowest BCUT2D eigenvalue weighted by Crippen LogP contribution is -2.38. The summed E-state index contributed by atoms with van der Waals surface area (Å²) in [6.45, 7) is 13.0. The Kier molecular flexibility index (Phi) is 2.62. The van der Waals surface area contributed by atoms with E-state index in [4.69, 9.17) is 0 Å². The first-order valence-electron chi connectivity index (χ1n) is 6.05. The summed E-state index contributed by atoms with van der Waals surface area (Å²) in [5.41, 5.74) is 3.13. The highest BCUT2D eigenvalue weighted by Gasteiger charge is 2.43. The van der Waals surface area contributed by atoms with Gasteiger partial charge in [0.1, 0.15) is 0 Å². The van der Waals surface area contributed by atoms with Crippen molar-refractivity contribution in [2.75, 3.05) is 0 Å². The maximum atomic E-state index is 4.28. The molecule has 0 aromatic carbocycles. The molecule has 0 aromatic heterocycles. The minimum absolute atomic E-state index is 0.358. The Bertz CT molecular complexity index is 321. The number of rotatable bonds is 1. The molecular weight excluding hydrogens is 180 g/mol. The van der Waals surface area contributed by atoms with Crippen LogP contribution in [0, 0.1) is 17.3 Å². The van der Waals surface area contributed by atoms with Gasteiger partial charge in [-0.3, -0.25) is 0 Å². The van der Waals surface area contributed by atoms with Crippen molar-refractivity contribution >= 4 is 0 Å². The minimum atomic E-state index is 0.358. The Morgan fingerprint density at radius 1 is 1.53 bits per heavy atom. The van der Waals surface area contributed by atoms with Crippen molar-refractivity contribution in [1.82, 2.24) is 0 Å². The van der Waals surface area contributed by atoms with E-state index in [-0.39, 0.29) is 0 Å². The zero-order valence-electron chi connectivity index (χ0n) is 10.1. The summed E-state index contributed by atoms with van der Waals surface area (Å²) in [7, 11) is 0. The highest BCUT2D eigenvalue weighted by Crippen LogP contribution is 2.53. The van der Waals surface area contributed by atoms with Gasteiger partial charge in [0.2, 0.25) is 0 Å². The second kappa shape index (κ2) is 3.66. The summed E-state index contributed by atoms with van der Waals surface area (Å²) < 4.78 is 0. The Labute approximate surface area is 93.8 Å². The maximum absolute atomic E-state index is 4.28. The molecule has 0 amide bonds. The third-order valence-corrected chi connectivity index (χ3v) is 4.29. The fourth-order valence-electron chi connectivity index (χ4n) is 3.56. The van der Waals surface area contributed by atoms with Crippen LogP contribution in [0.2, 0.25) is 0 Å². The largest absolute Gasteiger partial charge is 0.0998 e. The average Bonchev–Trinajstić information content (AvgIpc) is 2.16. The lowest BCUT2D eigenvalue weighted by molar-refractivity contribution is 0.145. The first-order chi connectivity index (χ1) is 7.04. The standard InChI is InChI=1S/C15H22/c1-11(2)13-8-6-10-15(4)9-5-7-12(3)14(13)15/h5,9,13-14H,1,3,6-8,10H2,2,4H3/t13-,14-,15-/m1/s1. The predicted molar refractivity (Wildman–Crippen MR) is 66.6 cm³/mol. The molecule has 1 saturated carbocycles. The Hall–Kier alpha value is -0.780. The van der Waals surface area contributed by atoms with E-state index in [1.807, 2.05) is 0 Å². The number of hydrogen-bond donors (Lipinski definition) is 0. The van der Waals surface area contributed by atoms with Crippen molar-refractivity contribution in [3.05, 3.63) is 36.5 Å². The quantitative estimate of drug-likeness (QED) is 0.549. The number of fused-ring (bicyclic) bond motifs is 1. The third kappa shape index (κ3) is 1.71. The van der Waals surface area contributed by atoms with E-state index in [0.717, 1.165) is 6.42 Å². The zero-order chi connectivity index (χ0) is 11.1. The molecule has 0 unspecified atom stereocenters. The van der Waals surface area contributed by atoms with Gasteiger partial charge in [-0.15, -0.1) is 0 Å². The van der Waals surface area contributed by atoms with Gasteiger partial charge in [0.25, 0.3) is 0 Å². The van der Waals surface area contributed by atoms with E-state index in [9.17, 15) is 0 Å². The molecule has 0 saturated heterocycles. The van der Waals surface area contributed by atoms with Crippen LogP contribution in [0.15, 0.2) is 36.5 Å². The van der Waals surface area contributed by atoms with Crippen LogP contribution in [-0.2, 0) is 0 Å². The van der Waals surface area contributed by atoms with Crippen LogP contribution in [0.3, 0.4) is 0 Å². The van der Waals surface area contributed by atoms with Crippen LogP contribution in [0.5, 0.6) is 0 Å². The molecule has 0 heterocycles. The maximum Gasteiger partial charge on any atom is -0.00488 e. The molecule has 0 heteroatoms. The summed E-state index contributed by atoms with van der Waals surface area (Å²) >= 11 is 0. The van der Waals surface area contributed by atoms with E-state index < -0.39 is 0 Å². The Balaban J connectivity index is 2.36. The van der Waals surface area contributed by atoms with Crippen LogP contribution in [0.1, 0.15) is 39.5 Å². The second-order valence-electron chi connectivity index (χ2n) is 5.59. The molecule has 3 atom stereocenters. The van der Waals surface area contributed by atoms with Crippen LogP contribution < -0.4 is 0 Å². The van der Waals surface area contributed by atoms with Crippen LogP contribution in [0.4, 0.5) is 0 Å². The van der Waals surface area contributed by atoms with Gasteiger partial charge in [0.15, 0.2) is 0 Å². The monoisotopic (exact) mass is 202 g/mol. The van der Waals surface area contributed by atoms with Crippen molar-refractivity contribution in [2.45, 2.75) is 39.5 Å². The van der Waals surface area contributed by atoms with Gasteiger partial charge in [-0.1, -0.05) is 49.8 Å². The van der Waals surface area contributed by atoms with Gasteiger partial charge in [0.05, 0.1) is 0 Å². The van der Waals surface area contributed by atoms with E-state index in [1.165, 1.54) is 30.4 Å². The van der Waals surface area contributed by atoms with Crippen LogP contribution in [-0.4, -0.2) is 0 Å². The summed E-state index contributed by atoms with van der Waals surface area (Å²) in [6.07, 6.45) is 9.77. The second-order valence-corrected chi connectivity index (χ2v) is 5.59.